The first kappa shape index (κ1) is 19.1. The number of aromatic nitrogens is 3. The molecule has 4 rings (SSSR count). The fourth-order valence-corrected chi connectivity index (χ4v) is 3.71. The number of rotatable bonds is 5. The molecule has 3 heterocycles. The summed E-state index contributed by atoms with van der Waals surface area (Å²) >= 11 is 0. The fourth-order valence-electron chi connectivity index (χ4n) is 3.71. The first-order valence-electron chi connectivity index (χ1n) is 10.0. The van der Waals surface area contributed by atoms with Crippen LogP contribution in [-0.4, -0.2) is 34.2 Å². The van der Waals surface area contributed by atoms with Crippen LogP contribution in [0.5, 0.6) is 0 Å². The van der Waals surface area contributed by atoms with Crippen molar-refractivity contribution < 1.29 is 4.79 Å². The van der Waals surface area contributed by atoms with E-state index in [4.69, 9.17) is 0 Å². The summed E-state index contributed by atoms with van der Waals surface area (Å²) in [5.74, 6) is 1.74. The third-order valence-corrected chi connectivity index (χ3v) is 5.35. The Balaban J connectivity index is 1.32. The molecule has 0 bridgehead atoms. The molecular formula is C23H25N5O. The highest BCUT2D eigenvalue weighted by Gasteiger charge is 2.21. The molecule has 1 aromatic carbocycles. The largest absolute Gasteiger partial charge is 0.355 e. The third-order valence-electron chi connectivity index (χ3n) is 5.35. The maximum Gasteiger partial charge on any atom is 0.277 e. The number of nitrogens with one attached hydrogen (secondary N) is 1. The molecule has 1 amide bonds. The van der Waals surface area contributed by atoms with E-state index in [1.807, 2.05) is 25.1 Å². The monoisotopic (exact) mass is 387 g/mol. The quantitative estimate of drug-likeness (QED) is 0.719. The summed E-state index contributed by atoms with van der Waals surface area (Å²) < 4.78 is 0. The smallest absolute Gasteiger partial charge is 0.277 e. The second kappa shape index (κ2) is 8.82. The van der Waals surface area contributed by atoms with E-state index in [0.29, 0.717) is 11.7 Å². The molecule has 29 heavy (non-hydrogen) atoms. The Morgan fingerprint density at radius 3 is 2.55 bits per heavy atom. The van der Waals surface area contributed by atoms with Gasteiger partial charge >= 0.3 is 0 Å². The van der Waals surface area contributed by atoms with Crippen molar-refractivity contribution in [2.45, 2.75) is 26.2 Å². The van der Waals surface area contributed by atoms with Gasteiger partial charge in [0, 0.05) is 19.3 Å². The Labute approximate surface area is 171 Å². The molecule has 3 aromatic rings. The van der Waals surface area contributed by atoms with Crippen LogP contribution >= 0.6 is 0 Å². The lowest BCUT2D eigenvalue weighted by Crippen LogP contribution is -2.35. The molecule has 1 saturated heterocycles. The lowest BCUT2D eigenvalue weighted by Gasteiger charge is -2.32. The summed E-state index contributed by atoms with van der Waals surface area (Å²) in [4.78, 5) is 18.8. The predicted octanol–water partition coefficient (Wildman–Crippen LogP) is 3.89. The highest BCUT2D eigenvalue weighted by molar-refractivity contribution is 6.02. The van der Waals surface area contributed by atoms with Gasteiger partial charge in [-0.1, -0.05) is 30.3 Å². The number of carbonyl (C=O) groups excluding carboxylic acids is 1. The van der Waals surface area contributed by atoms with Gasteiger partial charge in [0.05, 0.1) is 0 Å². The van der Waals surface area contributed by atoms with Crippen LogP contribution in [0.4, 0.5) is 11.6 Å². The number of piperidine rings is 1. The maximum absolute atomic E-state index is 12.4. The van der Waals surface area contributed by atoms with E-state index in [-0.39, 0.29) is 11.6 Å². The van der Waals surface area contributed by atoms with Gasteiger partial charge in [-0.05, 0) is 67.5 Å². The zero-order valence-corrected chi connectivity index (χ0v) is 16.6. The molecular weight excluding hydrogens is 362 g/mol. The second-order valence-corrected chi connectivity index (χ2v) is 7.57. The minimum absolute atomic E-state index is 0.288. The van der Waals surface area contributed by atoms with Gasteiger partial charge in [-0.15, -0.1) is 10.2 Å². The van der Waals surface area contributed by atoms with E-state index in [1.165, 1.54) is 5.56 Å². The van der Waals surface area contributed by atoms with Crippen LogP contribution in [0, 0.1) is 12.8 Å². The summed E-state index contributed by atoms with van der Waals surface area (Å²) in [7, 11) is 0. The van der Waals surface area contributed by atoms with Crippen molar-refractivity contribution in [1.29, 1.82) is 0 Å². The number of hydrogen-bond acceptors (Lipinski definition) is 5. The fraction of sp³-hybridized carbons (Fsp3) is 0.304. The van der Waals surface area contributed by atoms with Gasteiger partial charge in [-0.3, -0.25) is 4.79 Å². The average Bonchev–Trinajstić information content (AvgIpc) is 2.75. The number of amides is 1. The Morgan fingerprint density at radius 2 is 1.86 bits per heavy atom. The van der Waals surface area contributed by atoms with Crippen molar-refractivity contribution >= 4 is 17.5 Å². The molecule has 1 aliphatic heterocycles. The summed E-state index contributed by atoms with van der Waals surface area (Å²) in [6, 6.07) is 18.0. The van der Waals surface area contributed by atoms with E-state index in [1.54, 1.807) is 12.3 Å². The summed E-state index contributed by atoms with van der Waals surface area (Å²) in [5, 5.41) is 11.2. The van der Waals surface area contributed by atoms with Gasteiger partial charge in [0.25, 0.3) is 5.91 Å². The van der Waals surface area contributed by atoms with Crippen molar-refractivity contribution in [3.05, 3.63) is 77.6 Å². The Morgan fingerprint density at radius 1 is 1.07 bits per heavy atom. The predicted molar refractivity (Wildman–Crippen MR) is 114 cm³/mol. The molecule has 6 nitrogen and oxygen atoms in total. The molecule has 0 spiro atoms. The maximum atomic E-state index is 12.4. The topological polar surface area (TPSA) is 71.0 Å². The third kappa shape index (κ3) is 4.96. The van der Waals surface area contributed by atoms with Gasteiger partial charge in [0.2, 0.25) is 0 Å². The molecule has 0 saturated carbocycles. The lowest BCUT2D eigenvalue weighted by atomic mass is 9.90. The number of nitrogens with zero attached hydrogens (tertiary/aromatic N) is 4. The summed E-state index contributed by atoms with van der Waals surface area (Å²) in [6.45, 7) is 3.88. The SMILES string of the molecule is Cc1ccnc(NC(=O)c2ccc(N3CCC(Cc4ccccc4)CC3)nn2)c1. The average molecular weight is 387 g/mol. The van der Waals surface area contributed by atoms with E-state index < -0.39 is 0 Å². The summed E-state index contributed by atoms with van der Waals surface area (Å²) in [5.41, 5.74) is 2.73. The number of carbonyl (C=O) groups is 1. The van der Waals surface area contributed by atoms with Crippen molar-refractivity contribution in [3.8, 4) is 0 Å². The molecule has 0 radical (unpaired) electrons. The molecule has 2 aromatic heterocycles. The zero-order valence-electron chi connectivity index (χ0n) is 16.6. The van der Waals surface area contributed by atoms with Gasteiger partial charge in [-0.2, -0.15) is 0 Å². The summed E-state index contributed by atoms with van der Waals surface area (Å²) in [6.07, 6.45) is 5.07. The van der Waals surface area contributed by atoms with Crippen molar-refractivity contribution in [2.75, 3.05) is 23.3 Å². The number of hydrogen-bond donors (Lipinski definition) is 1. The number of pyridine rings is 1. The van der Waals surface area contributed by atoms with Gasteiger partial charge in [0.15, 0.2) is 11.5 Å². The second-order valence-electron chi connectivity index (χ2n) is 7.57. The molecule has 0 unspecified atom stereocenters. The number of benzene rings is 1. The van der Waals surface area contributed by atoms with E-state index >= 15 is 0 Å². The van der Waals surface area contributed by atoms with E-state index in [9.17, 15) is 4.79 Å². The highest BCUT2D eigenvalue weighted by Crippen LogP contribution is 2.24. The first-order valence-corrected chi connectivity index (χ1v) is 10.0. The van der Waals surface area contributed by atoms with Crippen molar-refractivity contribution in [2.24, 2.45) is 5.92 Å². The van der Waals surface area contributed by atoms with Crippen LogP contribution in [0.25, 0.3) is 0 Å². The van der Waals surface area contributed by atoms with E-state index in [2.05, 4.69) is 55.7 Å². The Kier molecular flexibility index (Phi) is 5.79. The molecule has 1 N–H and O–H groups in total. The first-order chi connectivity index (χ1) is 14.2. The van der Waals surface area contributed by atoms with E-state index in [0.717, 1.165) is 43.7 Å². The molecule has 0 aliphatic carbocycles. The van der Waals surface area contributed by atoms with Crippen molar-refractivity contribution in [1.82, 2.24) is 15.2 Å². The normalized spacial score (nSPS) is 14.6. The van der Waals surface area contributed by atoms with Crippen molar-refractivity contribution in [3.63, 3.8) is 0 Å². The van der Waals surface area contributed by atoms with Crippen LogP contribution < -0.4 is 10.2 Å². The Hall–Kier alpha value is -3.28. The van der Waals surface area contributed by atoms with Crippen LogP contribution in [0.3, 0.4) is 0 Å². The highest BCUT2D eigenvalue weighted by atomic mass is 16.2. The van der Waals surface area contributed by atoms with Gasteiger partial charge < -0.3 is 10.2 Å². The zero-order chi connectivity index (χ0) is 20.1. The number of anilines is 2. The van der Waals surface area contributed by atoms with Gasteiger partial charge in [0.1, 0.15) is 5.82 Å². The van der Waals surface area contributed by atoms with Crippen LogP contribution in [-0.2, 0) is 6.42 Å². The number of aryl methyl sites for hydroxylation is 1. The van der Waals surface area contributed by atoms with Crippen LogP contribution in [0.1, 0.15) is 34.5 Å². The standard InChI is InChI=1S/C23H25N5O/c1-17-9-12-24-21(15-17)25-23(29)20-7-8-22(27-26-20)28-13-10-19(11-14-28)16-18-5-3-2-4-6-18/h2-9,12,15,19H,10-11,13-14,16H2,1H3,(H,24,25,29). The minimum Gasteiger partial charge on any atom is -0.355 e. The molecule has 1 aliphatic rings. The van der Waals surface area contributed by atoms with Crippen LogP contribution in [0.2, 0.25) is 0 Å². The molecule has 0 atom stereocenters. The van der Waals surface area contributed by atoms with Crippen LogP contribution in [0.15, 0.2) is 60.8 Å². The minimum atomic E-state index is -0.302. The lowest BCUT2D eigenvalue weighted by molar-refractivity contribution is 0.102. The molecule has 6 heteroatoms. The van der Waals surface area contributed by atoms with Gasteiger partial charge in [-0.25, -0.2) is 4.98 Å². The molecule has 1 fully saturated rings. The Bertz CT molecular complexity index is 951. The molecule has 148 valence electrons.